The number of amides is 1. The molecule has 4 nitrogen and oxygen atoms in total. The predicted molar refractivity (Wildman–Crippen MR) is 75.4 cm³/mol. The van der Waals surface area contributed by atoms with Gasteiger partial charge in [-0.05, 0) is 32.0 Å². The maximum Gasteiger partial charge on any atom is 0.239 e. The van der Waals surface area contributed by atoms with Crippen LogP contribution in [0.1, 0.15) is 19.4 Å². The monoisotopic (exact) mass is 309 g/mol. The van der Waals surface area contributed by atoms with Gasteiger partial charge in [0.25, 0.3) is 0 Å². The number of likely N-dealkylation sites (N-methyl/N-ethyl adjacent to an activating group) is 2. The molecule has 0 saturated heterocycles. The van der Waals surface area contributed by atoms with Gasteiger partial charge in [0, 0.05) is 17.6 Å². The van der Waals surface area contributed by atoms with E-state index in [-0.39, 0.29) is 12.5 Å². The summed E-state index contributed by atoms with van der Waals surface area (Å²) in [4.78, 5) is 13.5. The molecule has 0 unspecified atom stereocenters. The molecule has 0 spiro atoms. The van der Waals surface area contributed by atoms with Crippen LogP contribution in [0, 0.1) is 11.3 Å². The maximum atomic E-state index is 11.6. The zero-order valence-electron chi connectivity index (χ0n) is 10.5. The summed E-state index contributed by atoms with van der Waals surface area (Å²) < 4.78 is 0.858. The Labute approximate surface area is 116 Å². The topological polar surface area (TPSA) is 56.1 Å². The Morgan fingerprint density at radius 2 is 2.22 bits per heavy atom. The van der Waals surface area contributed by atoms with E-state index in [1.54, 1.807) is 6.07 Å². The van der Waals surface area contributed by atoms with E-state index in [9.17, 15) is 4.79 Å². The first-order valence-corrected chi connectivity index (χ1v) is 6.63. The molecule has 0 saturated carbocycles. The van der Waals surface area contributed by atoms with Crippen molar-refractivity contribution in [2.45, 2.75) is 13.8 Å². The fraction of sp³-hybridized carbons (Fsp3) is 0.385. The van der Waals surface area contributed by atoms with Gasteiger partial charge in [0.2, 0.25) is 5.91 Å². The van der Waals surface area contributed by atoms with Crippen LogP contribution in [0.5, 0.6) is 0 Å². The normalized spacial score (nSPS) is 9.67. The van der Waals surface area contributed by atoms with Gasteiger partial charge < -0.3 is 10.2 Å². The quantitative estimate of drug-likeness (QED) is 0.908. The average molecular weight is 310 g/mol. The smallest absolute Gasteiger partial charge is 0.239 e. The summed E-state index contributed by atoms with van der Waals surface area (Å²) in [6.45, 7) is 5.40. The summed E-state index contributed by atoms with van der Waals surface area (Å²) in [5.74, 6) is -0.0360. The predicted octanol–water partition coefficient (Wildman–Crippen LogP) is 2.28. The van der Waals surface area contributed by atoms with Gasteiger partial charge in [0.15, 0.2) is 0 Å². The molecule has 0 heterocycles. The van der Waals surface area contributed by atoms with Gasteiger partial charge in [0.1, 0.15) is 6.07 Å². The Hall–Kier alpha value is -1.54. The van der Waals surface area contributed by atoms with Crippen molar-refractivity contribution in [3.8, 4) is 6.07 Å². The lowest BCUT2D eigenvalue weighted by atomic mass is 10.1. The molecule has 18 heavy (non-hydrogen) atoms. The van der Waals surface area contributed by atoms with Crippen LogP contribution < -0.4 is 10.2 Å². The second-order valence-electron chi connectivity index (χ2n) is 3.74. The van der Waals surface area contributed by atoms with Crippen LogP contribution >= 0.6 is 15.9 Å². The van der Waals surface area contributed by atoms with E-state index in [0.29, 0.717) is 18.7 Å². The van der Waals surface area contributed by atoms with Crippen LogP contribution in [-0.2, 0) is 4.79 Å². The van der Waals surface area contributed by atoms with Crippen molar-refractivity contribution in [3.05, 3.63) is 28.2 Å². The molecule has 1 N–H and O–H groups in total. The molecule has 0 radical (unpaired) electrons. The van der Waals surface area contributed by atoms with Crippen molar-refractivity contribution < 1.29 is 4.79 Å². The Kier molecular flexibility index (Phi) is 5.66. The van der Waals surface area contributed by atoms with E-state index in [1.807, 2.05) is 30.9 Å². The lowest BCUT2D eigenvalue weighted by Crippen LogP contribution is -2.37. The summed E-state index contributed by atoms with van der Waals surface area (Å²) in [7, 11) is 0. The number of carbonyl (C=O) groups is 1. The summed E-state index contributed by atoms with van der Waals surface area (Å²) in [5, 5.41) is 11.9. The van der Waals surface area contributed by atoms with E-state index in [2.05, 4.69) is 27.3 Å². The SMILES string of the molecule is CCNC(=O)CN(CC)c1ccc(Br)cc1C#N. The third-order valence-electron chi connectivity index (χ3n) is 2.51. The molecule has 0 aliphatic carbocycles. The number of nitrogens with zero attached hydrogens (tertiary/aromatic N) is 2. The third kappa shape index (κ3) is 3.74. The molecule has 0 atom stereocenters. The fourth-order valence-corrected chi connectivity index (χ4v) is 2.03. The highest BCUT2D eigenvalue weighted by Crippen LogP contribution is 2.23. The average Bonchev–Trinajstić information content (AvgIpc) is 2.36. The zero-order valence-corrected chi connectivity index (χ0v) is 12.1. The standard InChI is InChI=1S/C13H16BrN3O/c1-3-16-13(18)9-17(4-2)12-6-5-11(14)7-10(12)8-15/h5-7H,3-4,9H2,1-2H3,(H,16,18). The van der Waals surface area contributed by atoms with Gasteiger partial charge >= 0.3 is 0 Å². The minimum absolute atomic E-state index is 0.0360. The van der Waals surface area contributed by atoms with Crippen LogP contribution in [0.25, 0.3) is 0 Å². The maximum absolute atomic E-state index is 11.6. The van der Waals surface area contributed by atoms with E-state index < -0.39 is 0 Å². The van der Waals surface area contributed by atoms with Crippen LogP contribution in [0.15, 0.2) is 22.7 Å². The number of hydrogen-bond donors (Lipinski definition) is 1. The molecule has 1 amide bonds. The Balaban J connectivity index is 2.95. The Bertz CT molecular complexity index is 468. The van der Waals surface area contributed by atoms with Gasteiger partial charge in [-0.3, -0.25) is 4.79 Å². The van der Waals surface area contributed by atoms with Gasteiger partial charge in [-0.15, -0.1) is 0 Å². The number of carbonyl (C=O) groups excluding carboxylic acids is 1. The Morgan fingerprint density at radius 3 is 2.78 bits per heavy atom. The molecule has 5 heteroatoms. The molecule has 0 aromatic heterocycles. The summed E-state index contributed by atoms with van der Waals surface area (Å²) in [5.41, 5.74) is 1.35. The second kappa shape index (κ2) is 7.02. The number of nitrogens with one attached hydrogen (secondary N) is 1. The first-order chi connectivity index (χ1) is 8.62. The van der Waals surface area contributed by atoms with Crippen LogP contribution in [0.2, 0.25) is 0 Å². The van der Waals surface area contributed by atoms with Crippen molar-refractivity contribution in [2.24, 2.45) is 0 Å². The zero-order chi connectivity index (χ0) is 13.5. The van der Waals surface area contributed by atoms with Crippen molar-refractivity contribution in [2.75, 3.05) is 24.5 Å². The van der Waals surface area contributed by atoms with Crippen LogP contribution in [0.3, 0.4) is 0 Å². The van der Waals surface area contributed by atoms with Crippen LogP contribution in [-0.4, -0.2) is 25.5 Å². The number of halogens is 1. The number of rotatable bonds is 5. The van der Waals surface area contributed by atoms with Crippen molar-refractivity contribution >= 4 is 27.5 Å². The minimum Gasteiger partial charge on any atom is -0.361 e. The van der Waals surface area contributed by atoms with Gasteiger partial charge in [-0.2, -0.15) is 5.26 Å². The molecule has 0 fully saturated rings. The first kappa shape index (κ1) is 14.5. The highest BCUT2D eigenvalue weighted by molar-refractivity contribution is 9.10. The fourth-order valence-electron chi connectivity index (χ4n) is 1.67. The van der Waals surface area contributed by atoms with Crippen LogP contribution in [0.4, 0.5) is 5.69 Å². The summed E-state index contributed by atoms with van der Waals surface area (Å²) >= 11 is 3.33. The molecule has 96 valence electrons. The highest BCUT2D eigenvalue weighted by atomic mass is 79.9. The summed E-state index contributed by atoms with van der Waals surface area (Å²) in [6.07, 6.45) is 0. The highest BCUT2D eigenvalue weighted by Gasteiger charge is 2.13. The van der Waals surface area contributed by atoms with E-state index in [4.69, 9.17) is 5.26 Å². The van der Waals surface area contributed by atoms with E-state index in [1.165, 1.54) is 0 Å². The second-order valence-corrected chi connectivity index (χ2v) is 4.66. The lowest BCUT2D eigenvalue weighted by molar-refractivity contribution is -0.119. The number of nitriles is 1. The molecule has 0 aliphatic heterocycles. The molecular weight excluding hydrogens is 294 g/mol. The van der Waals surface area contributed by atoms with Gasteiger partial charge in [-0.25, -0.2) is 0 Å². The largest absolute Gasteiger partial charge is 0.361 e. The van der Waals surface area contributed by atoms with Crippen molar-refractivity contribution in [1.82, 2.24) is 5.32 Å². The van der Waals surface area contributed by atoms with Crippen molar-refractivity contribution in [3.63, 3.8) is 0 Å². The molecule has 0 aliphatic rings. The lowest BCUT2D eigenvalue weighted by Gasteiger charge is -2.23. The van der Waals surface area contributed by atoms with Gasteiger partial charge in [0.05, 0.1) is 17.8 Å². The number of anilines is 1. The first-order valence-electron chi connectivity index (χ1n) is 5.83. The third-order valence-corrected chi connectivity index (χ3v) is 3.00. The minimum atomic E-state index is -0.0360. The molecule has 1 rings (SSSR count). The molecule has 1 aromatic rings. The van der Waals surface area contributed by atoms with Crippen molar-refractivity contribution in [1.29, 1.82) is 5.26 Å². The van der Waals surface area contributed by atoms with E-state index >= 15 is 0 Å². The molecule has 0 bridgehead atoms. The van der Waals surface area contributed by atoms with E-state index in [0.717, 1.165) is 10.2 Å². The number of hydrogen-bond acceptors (Lipinski definition) is 3. The summed E-state index contributed by atoms with van der Waals surface area (Å²) in [6, 6.07) is 7.64. The van der Waals surface area contributed by atoms with Gasteiger partial charge in [-0.1, -0.05) is 15.9 Å². The number of benzene rings is 1. The molecule has 1 aromatic carbocycles. The molecular formula is C13H16BrN3O. The Morgan fingerprint density at radius 1 is 1.50 bits per heavy atom.